The second kappa shape index (κ2) is 4.61. The predicted octanol–water partition coefficient (Wildman–Crippen LogP) is 3.17. The number of hydrogen-bond donors (Lipinski definition) is 1. The van der Waals surface area contributed by atoms with Crippen LogP contribution in [0, 0.1) is 5.41 Å². The lowest BCUT2D eigenvalue weighted by Crippen LogP contribution is -2.23. The maximum Gasteiger partial charge on any atom is -0.00720 e. The zero-order valence-electron chi connectivity index (χ0n) is 9.46. The summed E-state index contributed by atoms with van der Waals surface area (Å²) in [5.41, 5.74) is 7.33. The minimum absolute atomic E-state index is 0.288. The third kappa shape index (κ3) is 2.58. The fourth-order valence-electron chi connectivity index (χ4n) is 1.78. The Kier molecular flexibility index (Phi) is 3.70. The van der Waals surface area contributed by atoms with Crippen LogP contribution in [0.2, 0.25) is 0 Å². The first-order valence-electron chi connectivity index (χ1n) is 5.33. The van der Waals surface area contributed by atoms with Crippen molar-refractivity contribution in [1.29, 1.82) is 0 Å². The summed E-state index contributed by atoms with van der Waals surface area (Å²) in [6.45, 7) is 7.63. The molecular weight excluding hydrogens is 170 g/mol. The van der Waals surface area contributed by atoms with Gasteiger partial charge < -0.3 is 5.73 Å². The molecule has 0 aliphatic rings. The second-order valence-electron chi connectivity index (χ2n) is 4.66. The lowest BCUT2D eigenvalue weighted by atomic mass is 9.74. The van der Waals surface area contributed by atoms with Crippen LogP contribution in [0.5, 0.6) is 0 Å². The summed E-state index contributed by atoms with van der Waals surface area (Å²) in [6.07, 6.45) is 1.07. The fraction of sp³-hybridized carbons (Fsp3) is 0.538. The molecule has 0 saturated heterocycles. The van der Waals surface area contributed by atoms with Gasteiger partial charge in [0.05, 0.1) is 0 Å². The second-order valence-corrected chi connectivity index (χ2v) is 4.66. The van der Waals surface area contributed by atoms with Gasteiger partial charge >= 0.3 is 0 Å². The summed E-state index contributed by atoms with van der Waals surface area (Å²) in [4.78, 5) is 0. The van der Waals surface area contributed by atoms with Gasteiger partial charge in [-0.25, -0.2) is 0 Å². The summed E-state index contributed by atoms with van der Waals surface area (Å²) in [5, 5.41) is 0. The van der Waals surface area contributed by atoms with Gasteiger partial charge in [-0.1, -0.05) is 51.1 Å². The van der Waals surface area contributed by atoms with Gasteiger partial charge in [0.15, 0.2) is 0 Å². The van der Waals surface area contributed by atoms with Gasteiger partial charge in [0.25, 0.3) is 0 Å². The summed E-state index contributed by atoms with van der Waals surface area (Å²) >= 11 is 0. The number of rotatable bonds is 4. The molecule has 0 saturated carbocycles. The highest BCUT2D eigenvalue weighted by Gasteiger charge is 2.25. The molecule has 0 aliphatic heterocycles. The molecule has 1 aromatic rings. The third-order valence-corrected chi connectivity index (χ3v) is 3.26. The molecule has 0 spiro atoms. The number of benzene rings is 1. The highest BCUT2D eigenvalue weighted by Crippen LogP contribution is 2.37. The van der Waals surface area contributed by atoms with Crippen LogP contribution in [-0.4, -0.2) is 6.54 Å². The highest BCUT2D eigenvalue weighted by atomic mass is 14.5. The molecule has 1 atom stereocenters. The first kappa shape index (κ1) is 11.3. The zero-order chi connectivity index (χ0) is 10.6. The normalized spacial score (nSPS) is 14.0. The van der Waals surface area contributed by atoms with Crippen LogP contribution in [0.1, 0.15) is 38.7 Å². The van der Waals surface area contributed by atoms with Crippen molar-refractivity contribution < 1.29 is 0 Å². The molecule has 0 heterocycles. The van der Waals surface area contributed by atoms with Crippen molar-refractivity contribution >= 4 is 0 Å². The van der Waals surface area contributed by atoms with E-state index in [0.29, 0.717) is 5.92 Å². The first-order chi connectivity index (χ1) is 6.58. The minimum atomic E-state index is 0.288. The summed E-state index contributed by atoms with van der Waals surface area (Å²) in [5.74, 6) is 0.562. The Morgan fingerprint density at radius 3 is 2.29 bits per heavy atom. The van der Waals surface area contributed by atoms with Gasteiger partial charge in [0.2, 0.25) is 0 Å². The largest absolute Gasteiger partial charge is 0.330 e. The van der Waals surface area contributed by atoms with Crippen LogP contribution >= 0.6 is 0 Å². The van der Waals surface area contributed by atoms with Gasteiger partial charge in [0, 0.05) is 0 Å². The van der Waals surface area contributed by atoms with E-state index in [1.54, 1.807) is 0 Å². The number of hydrogen-bond acceptors (Lipinski definition) is 1. The average molecular weight is 191 g/mol. The van der Waals surface area contributed by atoms with Crippen molar-refractivity contribution in [1.82, 2.24) is 0 Å². The smallest absolute Gasteiger partial charge is 0.00720 e. The van der Waals surface area contributed by atoms with E-state index in [1.165, 1.54) is 5.56 Å². The van der Waals surface area contributed by atoms with Crippen LogP contribution in [0.25, 0.3) is 0 Å². The van der Waals surface area contributed by atoms with Crippen LogP contribution in [-0.2, 0) is 0 Å². The van der Waals surface area contributed by atoms with E-state index in [-0.39, 0.29) is 5.41 Å². The maximum atomic E-state index is 5.63. The Bertz CT molecular complexity index is 264. The van der Waals surface area contributed by atoms with Crippen molar-refractivity contribution in [2.24, 2.45) is 11.1 Å². The van der Waals surface area contributed by atoms with Gasteiger partial charge in [-0.15, -0.1) is 0 Å². The lowest BCUT2D eigenvalue weighted by molar-refractivity contribution is 0.281. The molecule has 0 bridgehead atoms. The van der Waals surface area contributed by atoms with Crippen molar-refractivity contribution in [3.05, 3.63) is 35.9 Å². The summed E-state index contributed by atoms with van der Waals surface area (Å²) in [6, 6.07) is 10.7. The SMILES string of the molecule is CC(c1ccccc1)C(C)(C)CCN. The highest BCUT2D eigenvalue weighted by molar-refractivity contribution is 5.20. The van der Waals surface area contributed by atoms with Gasteiger partial charge in [-0.05, 0) is 29.9 Å². The Labute approximate surface area is 87.3 Å². The van der Waals surface area contributed by atoms with Gasteiger partial charge in [-0.2, -0.15) is 0 Å². The fourth-order valence-corrected chi connectivity index (χ4v) is 1.78. The molecule has 1 unspecified atom stereocenters. The molecule has 2 N–H and O–H groups in total. The Morgan fingerprint density at radius 1 is 1.21 bits per heavy atom. The molecule has 1 nitrogen and oxygen atoms in total. The third-order valence-electron chi connectivity index (χ3n) is 3.26. The van der Waals surface area contributed by atoms with Crippen molar-refractivity contribution in [3.8, 4) is 0 Å². The standard InChI is InChI=1S/C13H21N/c1-11(13(2,3)9-10-14)12-7-5-4-6-8-12/h4-8,11H,9-10,14H2,1-3H3. The monoisotopic (exact) mass is 191 g/mol. The molecule has 0 amide bonds. The van der Waals surface area contributed by atoms with E-state index in [1.807, 2.05) is 0 Å². The van der Waals surface area contributed by atoms with Crippen LogP contribution in [0.15, 0.2) is 30.3 Å². The molecule has 1 heteroatoms. The van der Waals surface area contributed by atoms with Gasteiger partial charge in [-0.3, -0.25) is 0 Å². The first-order valence-corrected chi connectivity index (χ1v) is 5.33. The van der Waals surface area contributed by atoms with E-state index in [4.69, 9.17) is 5.73 Å². The van der Waals surface area contributed by atoms with E-state index < -0.39 is 0 Å². The Balaban J connectivity index is 2.79. The Hall–Kier alpha value is -0.820. The Morgan fingerprint density at radius 2 is 1.79 bits per heavy atom. The van der Waals surface area contributed by atoms with E-state index in [2.05, 4.69) is 51.1 Å². The quantitative estimate of drug-likeness (QED) is 0.777. The summed E-state index contributed by atoms with van der Waals surface area (Å²) in [7, 11) is 0. The molecule has 0 fully saturated rings. The van der Waals surface area contributed by atoms with Crippen LogP contribution in [0.3, 0.4) is 0 Å². The van der Waals surface area contributed by atoms with Crippen LogP contribution < -0.4 is 5.73 Å². The van der Waals surface area contributed by atoms with Crippen molar-refractivity contribution in [3.63, 3.8) is 0 Å². The molecule has 1 rings (SSSR count). The molecule has 14 heavy (non-hydrogen) atoms. The molecule has 0 aromatic heterocycles. The molecular formula is C13H21N. The van der Waals surface area contributed by atoms with Crippen molar-refractivity contribution in [2.75, 3.05) is 6.54 Å². The molecule has 78 valence electrons. The minimum Gasteiger partial charge on any atom is -0.330 e. The van der Waals surface area contributed by atoms with E-state index in [9.17, 15) is 0 Å². The lowest BCUT2D eigenvalue weighted by Gasteiger charge is -2.31. The molecule has 0 aliphatic carbocycles. The number of nitrogens with two attached hydrogens (primary N) is 1. The molecule has 0 radical (unpaired) electrons. The van der Waals surface area contributed by atoms with Gasteiger partial charge in [0.1, 0.15) is 0 Å². The van der Waals surface area contributed by atoms with E-state index in [0.717, 1.165) is 13.0 Å². The van der Waals surface area contributed by atoms with Crippen LogP contribution in [0.4, 0.5) is 0 Å². The maximum absolute atomic E-state index is 5.63. The predicted molar refractivity (Wildman–Crippen MR) is 62.3 cm³/mol. The summed E-state index contributed by atoms with van der Waals surface area (Å²) < 4.78 is 0. The molecule has 1 aromatic carbocycles. The zero-order valence-corrected chi connectivity index (χ0v) is 9.46. The van der Waals surface area contributed by atoms with Crippen molar-refractivity contribution in [2.45, 2.75) is 33.1 Å². The van der Waals surface area contributed by atoms with E-state index >= 15 is 0 Å². The topological polar surface area (TPSA) is 26.0 Å². The average Bonchev–Trinajstić information content (AvgIpc) is 2.18.